The number of hydrogen-bond acceptors (Lipinski definition) is 3. The predicted octanol–water partition coefficient (Wildman–Crippen LogP) is 4.13. The Morgan fingerprint density at radius 2 is 1.80 bits per heavy atom. The van der Waals surface area contributed by atoms with Gasteiger partial charge in [0.25, 0.3) is 0 Å². The maximum absolute atomic E-state index is 12.8. The van der Waals surface area contributed by atoms with E-state index in [1.807, 2.05) is 6.07 Å². The van der Waals surface area contributed by atoms with Crippen LogP contribution in [0, 0.1) is 5.92 Å². The Balaban J connectivity index is 1.54. The number of anilines is 1. The summed E-state index contributed by atoms with van der Waals surface area (Å²) in [7, 11) is 1.53. The van der Waals surface area contributed by atoms with Crippen LogP contribution in [-0.4, -0.2) is 36.9 Å². The van der Waals surface area contributed by atoms with Gasteiger partial charge in [0.1, 0.15) is 5.75 Å². The highest BCUT2D eigenvalue weighted by Gasteiger charge is 2.31. The van der Waals surface area contributed by atoms with E-state index in [0.717, 1.165) is 12.1 Å². The number of benzene rings is 2. The van der Waals surface area contributed by atoms with E-state index in [1.54, 1.807) is 23.1 Å². The Bertz CT molecular complexity index is 906. The SMILES string of the molecule is COc1ccccc1NC(=O)C1CCN(C(=O)Cc2cccc(C(F)(F)F)c2)CC1. The summed E-state index contributed by atoms with van der Waals surface area (Å²) >= 11 is 0. The first-order valence-corrected chi connectivity index (χ1v) is 9.65. The number of nitrogens with zero attached hydrogens (tertiary/aromatic N) is 1. The highest BCUT2D eigenvalue weighted by Crippen LogP contribution is 2.30. The van der Waals surface area contributed by atoms with Gasteiger partial charge in [-0.1, -0.05) is 30.3 Å². The molecule has 0 aliphatic carbocycles. The lowest BCUT2D eigenvalue weighted by Crippen LogP contribution is -2.42. The minimum atomic E-state index is -4.44. The van der Waals surface area contributed by atoms with Gasteiger partial charge in [-0.05, 0) is 36.6 Å². The lowest BCUT2D eigenvalue weighted by atomic mass is 9.95. The molecule has 1 fully saturated rings. The lowest BCUT2D eigenvalue weighted by molar-refractivity contribution is -0.138. The molecule has 0 radical (unpaired) electrons. The second kappa shape index (κ2) is 9.19. The van der Waals surface area contributed by atoms with Crippen molar-refractivity contribution in [1.82, 2.24) is 4.90 Å². The largest absolute Gasteiger partial charge is 0.495 e. The average molecular weight is 420 g/mol. The van der Waals surface area contributed by atoms with Gasteiger partial charge in [-0.15, -0.1) is 0 Å². The van der Waals surface area contributed by atoms with Gasteiger partial charge < -0.3 is 15.0 Å². The van der Waals surface area contributed by atoms with Crippen molar-refractivity contribution in [1.29, 1.82) is 0 Å². The number of piperidine rings is 1. The van der Waals surface area contributed by atoms with Crippen LogP contribution in [-0.2, 0) is 22.2 Å². The van der Waals surface area contributed by atoms with Crippen molar-refractivity contribution in [3.8, 4) is 5.75 Å². The van der Waals surface area contributed by atoms with Crippen LogP contribution in [0.5, 0.6) is 5.75 Å². The van der Waals surface area contributed by atoms with Gasteiger partial charge in [-0.3, -0.25) is 9.59 Å². The lowest BCUT2D eigenvalue weighted by Gasteiger charge is -2.31. The molecule has 2 aromatic rings. The van der Waals surface area contributed by atoms with Gasteiger partial charge >= 0.3 is 6.18 Å². The van der Waals surface area contributed by atoms with Gasteiger partial charge in [0.15, 0.2) is 0 Å². The molecule has 3 rings (SSSR count). The first kappa shape index (κ1) is 21.7. The number of para-hydroxylation sites is 2. The van der Waals surface area contributed by atoms with Crippen LogP contribution in [0.15, 0.2) is 48.5 Å². The molecule has 0 unspecified atom stereocenters. The molecular formula is C22H23F3N2O3. The quantitative estimate of drug-likeness (QED) is 0.791. The fraction of sp³-hybridized carbons (Fsp3) is 0.364. The van der Waals surface area contributed by atoms with Crippen LogP contribution in [0.1, 0.15) is 24.0 Å². The third-order valence-electron chi connectivity index (χ3n) is 5.19. The van der Waals surface area contributed by atoms with Crippen molar-refractivity contribution in [2.24, 2.45) is 5.92 Å². The number of carbonyl (C=O) groups is 2. The molecule has 8 heteroatoms. The number of amides is 2. The summed E-state index contributed by atoms with van der Waals surface area (Å²) in [6.07, 6.45) is -3.54. The molecule has 1 aliphatic rings. The van der Waals surface area contributed by atoms with Gasteiger partial charge in [0.05, 0.1) is 24.8 Å². The maximum atomic E-state index is 12.8. The summed E-state index contributed by atoms with van der Waals surface area (Å²) in [6.45, 7) is 0.781. The third kappa shape index (κ3) is 5.31. The van der Waals surface area contributed by atoms with E-state index < -0.39 is 11.7 Å². The average Bonchev–Trinajstić information content (AvgIpc) is 2.74. The predicted molar refractivity (Wildman–Crippen MR) is 106 cm³/mol. The van der Waals surface area contributed by atoms with Crippen LogP contribution >= 0.6 is 0 Å². The Morgan fingerprint density at radius 1 is 1.10 bits per heavy atom. The molecule has 0 saturated carbocycles. The minimum Gasteiger partial charge on any atom is -0.495 e. The smallest absolute Gasteiger partial charge is 0.416 e. The molecule has 1 saturated heterocycles. The maximum Gasteiger partial charge on any atom is 0.416 e. The van der Waals surface area contributed by atoms with Gasteiger partial charge in [-0.2, -0.15) is 13.2 Å². The number of likely N-dealkylation sites (tertiary alicyclic amines) is 1. The number of hydrogen-bond donors (Lipinski definition) is 1. The molecular weight excluding hydrogens is 397 g/mol. The van der Waals surface area contributed by atoms with E-state index in [9.17, 15) is 22.8 Å². The van der Waals surface area contributed by atoms with Crippen LogP contribution in [0.25, 0.3) is 0 Å². The van der Waals surface area contributed by atoms with Gasteiger partial charge in [0, 0.05) is 19.0 Å². The number of methoxy groups -OCH3 is 1. The number of alkyl halides is 3. The van der Waals surface area contributed by atoms with Gasteiger partial charge in [0.2, 0.25) is 11.8 Å². The van der Waals surface area contributed by atoms with E-state index in [0.29, 0.717) is 42.9 Å². The molecule has 1 aliphatic heterocycles. The number of halogens is 3. The minimum absolute atomic E-state index is 0.0952. The standard InChI is InChI=1S/C22H23F3N2O3/c1-30-19-8-3-2-7-18(19)26-21(29)16-9-11-27(12-10-16)20(28)14-15-5-4-6-17(13-15)22(23,24)25/h2-8,13,16H,9-12,14H2,1H3,(H,26,29). The summed E-state index contributed by atoms with van der Waals surface area (Å²) in [5.41, 5.74) is 0.151. The van der Waals surface area contributed by atoms with E-state index >= 15 is 0 Å². The van der Waals surface area contributed by atoms with Crippen LogP contribution in [0.2, 0.25) is 0 Å². The summed E-state index contributed by atoms with van der Waals surface area (Å²) in [6, 6.07) is 11.9. The van der Waals surface area contributed by atoms with Crippen molar-refractivity contribution in [2.45, 2.75) is 25.4 Å². The highest BCUT2D eigenvalue weighted by atomic mass is 19.4. The molecule has 0 spiro atoms. The van der Waals surface area contributed by atoms with E-state index in [2.05, 4.69) is 5.32 Å². The highest BCUT2D eigenvalue weighted by molar-refractivity contribution is 5.94. The van der Waals surface area contributed by atoms with E-state index in [-0.39, 0.29) is 24.2 Å². The first-order valence-electron chi connectivity index (χ1n) is 9.65. The number of ether oxygens (including phenoxy) is 1. The van der Waals surface area contributed by atoms with E-state index in [1.165, 1.54) is 19.2 Å². The van der Waals surface area contributed by atoms with E-state index in [4.69, 9.17) is 4.74 Å². The topological polar surface area (TPSA) is 58.6 Å². The molecule has 0 aromatic heterocycles. The van der Waals surface area contributed by atoms with Crippen molar-refractivity contribution in [3.05, 3.63) is 59.7 Å². The van der Waals surface area contributed by atoms with Crippen LogP contribution < -0.4 is 10.1 Å². The normalized spacial score (nSPS) is 15.0. The second-order valence-corrected chi connectivity index (χ2v) is 7.22. The summed E-state index contributed by atoms with van der Waals surface area (Å²) in [4.78, 5) is 26.7. The van der Waals surface area contributed by atoms with Crippen molar-refractivity contribution in [2.75, 3.05) is 25.5 Å². The Kier molecular flexibility index (Phi) is 6.64. The Labute approximate surface area is 172 Å². The molecule has 0 atom stereocenters. The summed E-state index contributed by atoms with van der Waals surface area (Å²) < 4.78 is 43.8. The fourth-order valence-electron chi connectivity index (χ4n) is 3.52. The first-order chi connectivity index (χ1) is 14.3. The number of carbonyl (C=O) groups excluding carboxylic acids is 2. The fourth-order valence-corrected chi connectivity index (χ4v) is 3.52. The number of nitrogens with one attached hydrogen (secondary N) is 1. The second-order valence-electron chi connectivity index (χ2n) is 7.22. The molecule has 5 nitrogen and oxygen atoms in total. The molecule has 0 bridgehead atoms. The van der Waals surface area contributed by atoms with Gasteiger partial charge in [-0.25, -0.2) is 0 Å². The third-order valence-corrected chi connectivity index (χ3v) is 5.19. The van der Waals surface area contributed by atoms with Crippen LogP contribution in [0.4, 0.5) is 18.9 Å². The molecule has 2 aromatic carbocycles. The van der Waals surface area contributed by atoms with Crippen molar-refractivity contribution < 1.29 is 27.5 Å². The zero-order chi connectivity index (χ0) is 21.7. The zero-order valence-corrected chi connectivity index (χ0v) is 16.5. The molecule has 1 heterocycles. The Hall–Kier alpha value is -3.03. The molecule has 1 N–H and O–H groups in total. The van der Waals surface area contributed by atoms with Crippen LogP contribution in [0.3, 0.4) is 0 Å². The van der Waals surface area contributed by atoms with Crippen molar-refractivity contribution >= 4 is 17.5 Å². The monoisotopic (exact) mass is 420 g/mol. The number of rotatable bonds is 5. The molecule has 30 heavy (non-hydrogen) atoms. The molecule has 2 amide bonds. The zero-order valence-electron chi connectivity index (χ0n) is 16.5. The molecule has 160 valence electrons. The summed E-state index contributed by atoms with van der Waals surface area (Å²) in [5.74, 6) is -0.0468. The Morgan fingerprint density at radius 3 is 2.47 bits per heavy atom. The van der Waals surface area contributed by atoms with Crippen molar-refractivity contribution in [3.63, 3.8) is 0 Å². The summed E-state index contributed by atoms with van der Waals surface area (Å²) in [5, 5.41) is 2.86.